The highest BCUT2D eigenvalue weighted by Crippen LogP contribution is 2.21. The molecule has 0 N–H and O–H groups in total. The van der Waals surface area contributed by atoms with Crippen LogP contribution in [0.15, 0.2) is 16.5 Å². The molecule has 0 radical (unpaired) electrons. The third kappa shape index (κ3) is 2.70. The van der Waals surface area contributed by atoms with Gasteiger partial charge in [0.25, 0.3) is 5.56 Å². The Morgan fingerprint density at radius 3 is 3.10 bits per heavy atom. The second kappa shape index (κ2) is 6.30. The number of aryl methyl sites for hydroxylation is 1. The molecule has 0 amide bonds. The van der Waals surface area contributed by atoms with E-state index < -0.39 is 5.97 Å². The first-order valence-electron chi connectivity index (χ1n) is 6.19. The van der Waals surface area contributed by atoms with Gasteiger partial charge in [-0.1, -0.05) is 0 Å². The molecule has 0 spiro atoms. The van der Waals surface area contributed by atoms with Crippen LogP contribution < -0.4 is 5.56 Å². The molecule has 0 saturated carbocycles. The zero-order chi connectivity index (χ0) is 14.5. The fourth-order valence-electron chi connectivity index (χ4n) is 1.81. The van der Waals surface area contributed by atoms with Crippen molar-refractivity contribution in [3.05, 3.63) is 27.6 Å². The van der Waals surface area contributed by atoms with Crippen LogP contribution in [0, 0.1) is 11.3 Å². The van der Waals surface area contributed by atoms with Crippen LogP contribution in [0.1, 0.15) is 30.1 Å². The summed E-state index contributed by atoms with van der Waals surface area (Å²) >= 11 is 1.24. The molecular weight excluding hydrogens is 278 g/mol. The molecule has 0 aliphatic heterocycles. The molecule has 0 unspecified atom stereocenters. The van der Waals surface area contributed by atoms with Crippen molar-refractivity contribution in [1.29, 1.82) is 5.26 Å². The Kier molecular flexibility index (Phi) is 4.48. The molecule has 0 saturated heterocycles. The lowest BCUT2D eigenvalue weighted by Crippen LogP contribution is -2.21. The van der Waals surface area contributed by atoms with Gasteiger partial charge >= 0.3 is 5.97 Å². The van der Waals surface area contributed by atoms with E-state index in [0.29, 0.717) is 29.6 Å². The van der Waals surface area contributed by atoms with Gasteiger partial charge in [-0.3, -0.25) is 9.36 Å². The number of fused-ring (bicyclic) bond motifs is 1. The number of carbonyl (C=O) groups is 1. The lowest BCUT2D eigenvalue weighted by atomic mass is 10.2. The molecule has 2 rings (SSSR count). The zero-order valence-corrected chi connectivity index (χ0v) is 11.8. The minimum Gasteiger partial charge on any atom is -0.462 e. The quantitative estimate of drug-likeness (QED) is 0.620. The third-order valence-corrected chi connectivity index (χ3v) is 3.63. The molecule has 0 aliphatic carbocycles. The van der Waals surface area contributed by atoms with E-state index >= 15 is 0 Å². The summed E-state index contributed by atoms with van der Waals surface area (Å²) in [7, 11) is 0. The second-order valence-corrected chi connectivity index (χ2v) is 4.91. The van der Waals surface area contributed by atoms with E-state index in [1.54, 1.807) is 12.3 Å². The summed E-state index contributed by atoms with van der Waals surface area (Å²) in [5, 5.41) is 10.4. The number of hydrogen-bond acceptors (Lipinski definition) is 6. The van der Waals surface area contributed by atoms with Gasteiger partial charge in [0.2, 0.25) is 0 Å². The lowest BCUT2D eigenvalue weighted by molar-refractivity contribution is 0.0529. The molecule has 2 heterocycles. The zero-order valence-electron chi connectivity index (χ0n) is 11.0. The van der Waals surface area contributed by atoms with Crippen molar-refractivity contribution in [3.8, 4) is 6.07 Å². The van der Waals surface area contributed by atoms with Crippen molar-refractivity contribution in [2.75, 3.05) is 6.61 Å². The average molecular weight is 291 g/mol. The van der Waals surface area contributed by atoms with Gasteiger partial charge < -0.3 is 4.74 Å². The molecule has 0 atom stereocenters. The van der Waals surface area contributed by atoms with Crippen molar-refractivity contribution in [1.82, 2.24) is 9.55 Å². The van der Waals surface area contributed by atoms with Gasteiger partial charge in [-0.25, -0.2) is 9.78 Å². The van der Waals surface area contributed by atoms with E-state index in [2.05, 4.69) is 4.98 Å². The summed E-state index contributed by atoms with van der Waals surface area (Å²) in [5.74, 6) is -0.507. The minimum atomic E-state index is -0.507. The summed E-state index contributed by atoms with van der Waals surface area (Å²) < 4.78 is 6.36. The van der Waals surface area contributed by atoms with Gasteiger partial charge in [-0.2, -0.15) is 5.26 Å². The molecule has 0 bridgehead atoms. The minimum absolute atomic E-state index is 0.257. The fraction of sp³-hybridized carbons (Fsp3) is 0.385. The smallest absolute Gasteiger partial charge is 0.339 e. The van der Waals surface area contributed by atoms with Crippen LogP contribution >= 0.6 is 11.3 Å². The predicted octanol–water partition coefficient (Wildman–Crippen LogP) is 1.94. The molecule has 0 fully saturated rings. The highest BCUT2D eigenvalue weighted by atomic mass is 32.1. The Hall–Kier alpha value is -2.20. The predicted molar refractivity (Wildman–Crippen MR) is 74.7 cm³/mol. The molecule has 6 nitrogen and oxygen atoms in total. The molecule has 0 aromatic carbocycles. The van der Waals surface area contributed by atoms with Crippen LogP contribution in [-0.2, 0) is 11.3 Å². The SMILES string of the molecule is CCOC(=O)c1csc2ncn(CCCC#N)c(=O)c12. The topological polar surface area (TPSA) is 85.0 Å². The standard InChI is InChI=1S/C13H13N3O3S/c1-2-19-13(18)9-7-20-11-10(9)12(17)16(8-15-11)6-4-3-5-14/h7-8H,2-4,6H2,1H3. The van der Waals surface area contributed by atoms with Gasteiger partial charge in [0.15, 0.2) is 0 Å². The molecule has 20 heavy (non-hydrogen) atoms. The number of esters is 1. The first-order chi connectivity index (χ1) is 9.69. The van der Waals surface area contributed by atoms with Crippen molar-refractivity contribution in [2.45, 2.75) is 26.3 Å². The number of rotatable bonds is 5. The maximum absolute atomic E-state index is 12.4. The van der Waals surface area contributed by atoms with E-state index in [1.165, 1.54) is 22.2 Å². The lowest BCUT2D eigenvalue weighted by Gasteiger charge is -2.04. The molecule has 7 heteroatoms. The number of carbonyl (C=O) groups excluding carboxylic acids is 1. The Morgan fingerprint density at radius 2 is 2.40 bits per heavy atom. The summed E-state index contributed by atoms with van der Waals surface area (Å²) in [6.07, 6.45) is 2.40. The molecule has 2 aromatic rings. The van der Waals surface area contributed by atoms with Gasteiger partial charge in [0.1, 0.15) is 4.83 Å². The van der Waals surface area contributed by atoms with Gasteiger partial charge in [0, 0.05) is 18.3 Å². The van der Waals surface area contributed by atoms with Gasteiger partial charge in [0.05, 0.1) is 30.0 Å². The maximum atomic E-state index is 12.4. The van der Waals surface area contributed by atoms with E-state index in [1.807, 2.05) is 6.07 Å². The molecule has 2 aromatic heterocycles. The Morgan fingerprint density at radius 1 is 1.60 bits per heavy atom. The normalized spacial score (nSPS) is 10.4. The number of aromatic nitrogens is 2. The highest BCUT2D eigenvalue weighted by Gasteiger charge is 2.18. The van der Waals surface area contributed by atoms with Crippen LogP contribution in [0.5, 0.6) is 0 Å². The number of ether oxygens (including phenoxy) is 1. The third-order valence-electron chi connectivity index (χ3n) is 2.74. The summed E-state index contributed by atoms with van der Waals surface area (Å²) in [4.78, 5) is 28.9. The first kappa shape index (κ1) is 14.2. The number of thiophene rings is 1. The number of nitrogens with zero attached hydrogens (tertiary/aromatic N) is 3. The van der Waals surface area contributed by atoms with Crippen LogP contribution in [0.25, 0.3) is 10.2 Å². The molecular formula is C13H13N3O3S. The number of hydrogen-bond donors (Lipinski definition) is 0. The van der Waals surface area contributed by atoms with Crippen molar-refractivity contribution >= 4 is 27.5 Å². The van der Waals surface area contributed by atoms with Crippen molar-refractivity contribution in [2.24, 2.45) is 0 Å². The Labute approximate surface area is 119 Å². The van der Waals surface area contributed by atoms with E-state index in [0.717, 1.165) is 0 Å². The monoisotopic (exact) mass is 291 g/mol. The Bertz CT molecular complexity index is 727. The maximum Gasteiger partial charge on any atom is 0.339 e. The van der Waals surface area contributed by atoms with Crippen LogP contribution in [0.4, 0.5) is 0 Å². The fourth-order valence-corrected chi connectivity index (χ4v) is 2.68. The number of unbranched alkanes of at least 4 members (excludes halogenated alkanes) is 1. The van der Waals surface area contributed by atoms with E-state index in [9.17, 15) is 9.59 Å². The molecule has 0 aliphatic rings. The highest BCUT2D eigenvalue weighted by molar-refractivity contribution is 7.17. The summed E-state index contributed by atoms with van der Waals surface area (Å²) in [6, 6.07) is 2.03. The summed E-state index contributed by atoms with van der Waals surface area (Å²) in [6.45, 7) is 2.38. The van der Waals surface area contributed by atoms with E-state index in [-0.39, 0.29) is 17.7 Å². The van der Waals surface area contributed by atoms with Crippen molar-refractivity contribution < 1.29 is 9.53 Å². The van der Waals surface area contributed by atoms with Crippen molar-refractivity contribution in [3.63, 3.8) is 0 Å². The second-order valence-electron chi connectivity index (χ2n) is 4.05. The largest absolute Gasteiger partial charge is 0.462 e. The van der Waals surface area contributed by atoms with Crippen LogP contribution in [0.3, 0.4) is 0 Å². The molecule has 104 valence electrons. The van der Waals surface area contributed by atoms with E-state index in [4.69, 9.17) is 10.00 Å². The average Bonchev–Trinajstić information content (AvgIpc) is 2.86. The van der Waals surface area contributed by atoms with Gasteiger partial charge in [-0.15, -0.1) is 11.3 Å². The van der Waals surface area contributed by atoms with Gasteiger partial charge in [-0.05, 0) is 13.3 Å². The number of nitriles is 1. The summed E-state index contributed by atoms with van der Waals surface area (Å²) in [5.41, 5.74) is -0.00349. The first-order valence-corrected chi connectivity index (χ1v) is 7.07. The Balaban J connectivity index is 2.43. The van der Waals surface area contributed by atoms with Crippen LogP contribution in [-0.4, -0.2) is 22.1 Å². The van der Waals surface area contributed by atoms with Crippen LogP contribution in [0.2, 0.25) is 0 Å².